The smallest absolute Gasteiger partial charge is 0.251 e. The second-order valence-electron chi connectivity index (χ2n) is 6.53. The Bertz CT molecular complexity index is 744. The molecule has 2 atom stereocenters. The zero-order valence-corrected chi connectivity index (χ0v) is 14.2. The summed E-state index contributed by atoms with van der Waals surface area (Å²) in [5.74, 6) is -1.57. The first-order valence-electron chi connectivity index (χ1n) is 8.64. The monoisotopic (exact) mass is 358 g/mol. The highest BCUT2D eigenvalue weighted by atomic mass is 19.1. The summed E-state index contributed by atoms with van der Waals surface area (Å²) in [6, 6.07) is 10.9. The van der Waals surface area contributed by atoms with Crippen LogP contribution in [0.4, 0.5) is 8.78 Å². The van der Waals surface area contributed by atoms with Crippen LogP contribution in [0.1, 0.15) is 46.4 Å². The van der Waals surface area contributed by atoms with Crippen molar-refractivity contribution in [2.45, 2.75) is 37.8 Å². The van der Waals surface area contributed by atoms with Gasteiger partial charge in [0.15, 0.2) is 0 Å². The Kier molecular flexibility index (Phi) is 5.61. The molecule has 0 aromatic heterocycles. The second-order valence-corrected chi connectivity index (χ2v) is 6.53. The summed E-state index contributed by atoms with van der Waals surface area (Å²) in [5.41, 5.74) is 0.548. The maximum Gasteiger partial charge on any atom is 0.251 e. The van der Waals surface area contributed by atoms with E-state index in [1.807, 2.05) is 0 Å². The fraction of sp³-hybridized carbons (Fsp3) is 0.300. The van der Waals surface area contributed by atoms with Crippen molar-refractivity contribution < 1.29 is 18.4 Å². The van der Waals surface area contributed by atoms with Gasteiger partial charge in [0, 0.05) is 23.2 Å². The van der Waals surface area contributed by atoms with Gasteiger partial charge in [-0.05, 0) is 62.1 Å². The molecule has 6 heteroatoms. The first-order valence-corrected chi connectivity index (χ1v) is 8.64. The summed E-state index contributed by atoms with van der Waals surface area (Å²) in [6.45, 7) is 0. The zero-order valence-electron chi connectivity index (χ0n) is 14.2. The molecule has 26 heavy (non-hydrogen) atoms. The number of hydrogen-bond donors (Lipinski definition) is 2. The molecule has 2 aromatic rings. The lowest BCUT2D eigenvalue weighted by atomic mass is 9.90. The van der Waals surface area contributed by atoms with E-state index >= 15 is 0 Å². The van der Waals surface area contributed by atoms with Crippen LogP contribution in [0.15, 0.2) is 48.5 Å². The van der Waals surface area contributed by atoms with E-state index in [1.165, 1.54) is 36.4 Å². The first-order chi connectivity index (χ1) is 12.5. The maximum atomic E-state index is 13.2. The third kappa shape index (κ3) is 4.65. The molecule has 0 spiro atoms. The van der Waals surface area contributed by atoms with Gasteiger partial charge in [-0.15, -0.1) is 0 Å². The summed E-state index contributed by atoms with van der Waals surface area (Å²) in [7, 11) is 0. The Balaban J connectivity index is 1.57. The van der Waals surface area contributed by atoms with Gasteiger partial charge in [0.2, 0.25) is 0 Å². The van der Waals surface area contributed by atoms with E-state index in [2.05, 4.69) is 10.6 Å². The summed E-state index contributed by atoms with van der Waals surface area (Å²) in [6.07, 6.45) is 3.03. The third-order valence-electron chi connectivity index (χ3n) is 4.52. The van der Waals surface area contributed by atoms with E-state index in [0.29, 0.717) is 6.42 Å². The van der Waals surface area contributed by atoms with Crippen LogP contribution in [0, 0.1) is 11.6 Å². The molecule has 0 bridgehead atoms. The molecule has 4 nitrogen and oxygen atoms in total. The molecule has 0 radical (unpaired) electrons. The molecule has 1 fully saturated rings. The van der Waals surface area contributed by atoms with Gasteiger partial charge in [0.05, 0.1) is 0 Å². The van der Waals surface area contributed by atoms with Gasteiger partial charge in [-0.1, -0.05) is 12.1 Å². The molecule has 1 aliphatic rings. The number of hydrogen-bond acceptors (Lipinski definition) is 2. The first kappa shape index (κ1) is 18.0. The number of carbonyl (C=O) groups excluding carboxylic acids is 2. The predicted octanol–water partition coefficient (Wildman–Crippen LogP) is 3.44. The standard InChI is InChI=1S/C20H20F2N2O2/c21-15-6-1-4-13(10-15)19(25)23-17-8-3-9-18(12-17)24-20(26)14-5-2-7-16(22)11-14/h1-2,4-7,10-11,17-18H,3,8-9,12H2,(H,23,25)(H,24,26)/t17-,18-/m1/s1. The lowest BCUT2D eigenvalue weighted by molar-refractivity contribution is 0.0902. The van der Waals surface area contributed by atoms with Crippen molar-refractivity contribution in [3.63, 3.8) is 0 Å². The number of rotatable bonds is 4. The number of carbonyl (C=O) groups is 2. The van der Waals surface area contributed by atoms with Crippen LogP contribution < -0.4 is 10.6 Å². The highest BCUT2D eigenvalue weighted by molar-refractivity contribution is 5.95. The molecule has 2 amide bonds. The minimum Gasteiger partial charge on any atom is -0.349 e. The Labute approximate surface area is 150 Å². The molecule has 0 saturated heterocycles. The molecule has 0 aliphatic heterocycles. The van der Waals surface area contributed by atoms with Crippen molar-refractivity contribution in [3.8, 4) is 0 Å². The summed E-state index contributed by atoms with van der Waals surface area (Å²) < 4.78 is 26.5. The number of amides is 2. The number of halogens is 2. The van der Waals surface area contributed by atoms with Gasteiger partial charge in [0.1, 0.15) is 11.6 Å². The van der Waals surface area contributed by atoms with Crippen LogP contribution in [0.5, 0.6) is 0 Å². The van der Waals surface area contributed by atoms with E-state index in [0.717, 1.165) is 19.3 Å². The Morgan fingerprint density at radius 3 is 1.69 bits per heavy atom. The molecule has 0 unspecified atom stereocenters. The maximum absolute atomic E-state index is 13.2. The quantitative estimate of drug-likeness (QED) is 0.880. The lowest BCUT2D eigenvalue weighted by Gasteiger charge is -2.30. The molecule has 1 saturated carbocycles. The van der Waals surface area contributed by atoms with E-state index < -0.39 is 11.6 Å². The van der Waals surface area contributed by atoms with Crippen LogP contribution in [0.3, 0.4) is 0 Å². The molecular weight excluding hydrogens is 338 g/mol. The minimum absolute atomic E-state index is 0.0997. The van der Waals surface area contributed by atoms with Crippen molar-refractivity contribution in [1.29, 1.82) is 0 Å². The molecule has 0 heterocycles. The Hall–Kier alpha value is -2.76. The fourth-order valence-electron chi connectivity index (χ4n) is 3.25. The molecule has 136 valence electrons. The highest BCUT2D eigenvalue weighted by Gasteiger charge is 2.25. The van der Waals surface area contributed by atoms with Gasteiger partial charge in [-0.3, -0.25) is 9.59 Å². The number of nitrogens with one attached hydrogen (secondary N) is 2. The largest absolute Gasteiger partial charge is 0.349 e. The number of benzene rings is 2. The van der Waals surface area contributed by atoms with E-state index in [4.69, 9.17) is 0 Å². The van der Waals surface area contributed by atoms with Crippen molar-refractivity contribution in [3.05, 3.63) is 71.3 Å². The van der Waals surface area contributed by atoms with Crippen LogP contribution in [-0.4, -0.2) is 23.9 Å². The van der Waals surface area contributed by atoms with Gasteiger partial charge >= 0.3 is 0 Å². The molecule has 1 aliphatic carbocycles. The summed E-state index contributed by atoms with van der Waals surface area (Å²) in [4.78, 5) is 24.5. The highest BCUT2D eigenvalue weighted by Crippen LogP contribution is 2.20. The lowest BCUT2D eigenvalue weighted by Crippen LogP contribution is -2.45. The Morgan fingerprint density at radius 2 is 1.27 bits per heavy atom. The van der Waals surface area contributed by atoms with Gasteiger partial charge in [-0.25, -0.2) is 8.78 Å². The summed E-state index contributed by atoms with van der Waals surface area (Å²) in [5, 5.41) is 5.80. The average Bonchev–Trinajstić information content (AvgIpc) is 2.62. The SMILES string of the molecule is O=C(N[C@@H]1CCC[C@@H](NC(=O)c2cccc(F)c2)C1)c1cccc(F)c1. The fourth-order valence-corrected chi connectivity index (χ4v) is 3.25. The van der Waals surface area contributed by atoms with Crippen LogP contribution >= 0.6 is 0 Å². The topological polar surface area (TPSA) is 58.2 Å². The third-order valence-corrected chi connectivity index (χ3v) is 4.52. The van der Waals surface area contributed by atoms with Crippen molar-refractivity contribution in [1.82, 2.24) is 10.6 Å². The Morgan fingerprint density at radius 1 is 0.808 bits per heavy atom. The van der Waals surface area contributed by atoms with Crippen LogP contribution in [-0.2, 0) is 0 Å². The summed E-state index contributed by atoms with van der Waals surface area (Å²) >= 11 is 0. The molecule has 2 N–H and O–H groups in total. The molecular formula is C20H20F2N2O2. The second kappa shape index (κ2) is 8.08. The van der Waals surface area contributed by atoms with Crippen LogP contribution in [0.2, 0.25) is 0 Å². The average molecular weight is 358 g/mol. The van der Waals surface area contributed by atoms with Crippen LogP contribution in [0.25, 0.3) is 0 Å². The minimum atomic E-state index is -0.457. The van der Waals surface area contributed by atoms with Crippen molar-refractivity contribution in [2.75, 3.05) is 0 Å². The van der Waals surface area contributed by atoms with Crippen molar-refractivity contribution >= 4 is 11.8 Å². The predicted molar refractivity (Wildman–Crippen MR) is 93.8 cm³/mol. The molecule has 3 rings (SSSR count). The zero-order chi connectivity index (χ0) is 18.5. The van der Waals surface area contributed by atoms with E-state index in [1.54, 1.807) is 12.1 Å². The van der Waals surface area contributed by atoms with E-state index in [-0.39, 0.29) is 35.0 Å². The van der Waals surface area contributed by atoms with Gasteiger partial charge in [-0.2, -0.15) is 0 Å². The van der Waals surface area contributed by atoms with E-state index in [9.17, 15) is 18.4 Å². The normalized spacial score (nSPS) is 19.6. The van der Waals surface area contributed by atoms with Gasteiger partial charge < -0.3 is 10.6 Å². The van der Waals surface area contributed by atoms with Crippen molar-refractivity contribution in [2.24, 2.45) is 0 Å². The van der Waals surface area contributed by atoms with Gasteiger partial charge in [0.25, 0.3) is 11.8 Å². The molecule has 2 aromatic carbocycles.